The monoisotopic (exact) mass is 282 g/mol. The molecule has 0 saturated heterocycles. The summed E-state index contributed by atoms with van der Waals surface area (Å²) in [5.41, 5.74) is 6.99. The second-order valence-electron chi connectivity index (χ2n) is 5.24. The predicted molar refractivity (Wildman–Crippen MR) is 81.6 cm³/mol. The van der Waals surface area contributed by atoms with E-state index in [2.05, 4.69) is 12.2 Å². The Bertz CT molecular complexity index is 422. The number of carbonyl (C=O) groups is 1. The van der Waals surface area contributed by atoms with Gasteiger partial charge >= 0.3 is 0 Å². The zero-order valence-electron chi connectivity index (χ0n) is 11.4. The summed E-state index contributed by atoms with van der Waals surface area (Å²) < 4.78 is 0. The molecule has 1 saturated carbocycles. The average Bonchev–Trinajstić information content (AvgIpc) is 2.39. The van der Waals surface area contributed by atoms with Crippen molar-refractivity contribution in [3.63, 3.8) is 0 Å². The van der Waals surface area contributed by atoms with Crippen LogP contribution in [-0.2, 0) is 0 Å². The molecule has 1 aliphatic carbocycles. The standard InChI is InChI=1S/C15H22N2O.ClH/c1-2-11-5-3-8-14(9-11)17-15(18)12-6-4-7-13(16)10-12;/h4,6-7,10-11,14H,2-3,5,8-9,16H2,1H3,(H,17,18);1H. The Hall–Kier alpha value is -1.22. The van der Waals surface area contributed by atoms with Gasteiger partial charge in [-0.15, -0.1) is 12.4 Å². The summed E-state index contributed by atoms with van der Waals surface area (Å²) in [5.74, 6) is 0.772. The number of nitrogen functional groups attached to an aromatic ring is 1. The zero-order chi connectivity index (χ0) is 13.0. The van der Waals surface area contributed by atoms with Crippen molar-refractivity contribution in [3.05, 3.63) is 29.8 Å². The molecule has 106 valence electrons. The first-order valence-electron chi connectivity index (χ1n) is 6.85. The Labute approximate surface area is 121 Å². The molecular weight excluding hydrogens is 260 g/mol. The normalized spacial score (nSPS) is 22.4. The van der Waals surface area contributed by atoms with E-state index in [1.165, 1.54) is 19.3 Å². The van der Waals surface area contributed by atoms with Crippen molar-refractivity contribution < 1.29 is 4.79 Å². The number of amides is 1. The van der Waals surface area contributed by atoms with Gasteiger partial charge in [-0.3, -0.25) is 4.79 Å². The molecule has 0 bridgehead atoms. The van der Waals surface area contributed by atoms with Crippen molar-refractivity contribution >= 4 is 24.0 Å². The van der Waals surface area contributed by atoms with E-state index in [9.17, 15) is 4.79 Å². The van der Waals surface area contributed by atoms with Crippen molar-refractivity contribution in [2.45, 2.75) is 45.1 Å². The van der Waals surface area contributed by atoms with Gasteiger partial charge < -0.3 is 11.1 Å². The first-order chi connectivity index (χ1) is 8.69. The molecule has 0 aromatic heterocycles. The van der Waals surface area contributed by atoms with Gasteiger partial charge in [0.1, 0.15) is 0 Å². The molecule has 1 fully saturated rings. The van der Waals surface area contributed by atoms with E-state index in [4.69, 9.17) is 5.73 Å². The first-order valence-corrected chi connectivity index (χ1v) is 6.85. The van der Waals surface area contributed by atoms with Crippen LogP contribution in [0.5, 0.6) is 0 Å². The second kappa shape index (κ2) is 7.39. The summed E-state index contributed by atoms with van der Waals surface area (Å²) >= 11 is 0. The molecule has 0 radical (unpaired) electrons. The number of anilines is 1. The maximum Gasteiger partial charge on any atom is 0.251 e. The van der Waals surface area contributed by atoms with Gasteiger partial charge in [-0.05, 0) is 37.0 Å². The summed E-state index contributed by atoms with van der Waals surface area (Å²) in [6, 6.07) is 7.49. The summed E-state index contributed by atoms with van der Waals surface area (Å²) in [6.45, 7) is 2.23. The molecule has 1 aromatic carbocycles. The molecule has 1 amide bonds. The van der Waals surface area contributed by atoms with E-state index in [-0.39, 0.29) is 18.3 Å². The molecular formula is C15H23ClN2O. The Kier molecular flexibility index (Phi) is 6.16. The Morgan fingerprint density at radius 1 is 1.42 bits per heavy atom. The highest BCUT2D eigenvalue weighted by Crippen LogP contribution is 2.26. The minimum atomic E-state index is 0. The lowest BCUT2D eigenvalue weighted by atomic mass is 9.84. The maximum absolute atomic E-state index is 12.1. The van der Waals surface area contributed by atoms with E-state index in [0.29, 0.717) is 17.3 Å². The van der Waals surface area contributed by atoms with Crippen molar-refractivity contribution in [2.24, 2.45) is 5.92 Å². The van der Waals surface area contributed by atoms with Crippen LogP contribution in [0.4, 0.5) is 5.69 Å². The van der Waals surface area contributed by atoms with Crippen LogP contribution in [-0.4, -0.2) is 11.9 Å². The molecule has 1 aromatic rings. The minimum Gasteiger partial charge on any atom is -0.399 e. The number of hydrogen-bond donors (Lipinski definition) is 2. The topological polar surface area (TPSA) is 55.1 Å². The summed E-state index contributed by atoms with van der Waals surface area (Å²) in [4.78, 5) is 12.1. The van der Waals surface area contributed by atoms with Crippen LogP contribution < -0.4 is 11.1 Å². The molecule has 2 rings (SSSR count). The van der Waals surface area contributed by atoms with Gasteiger partial charge in [0.2, 0.25) is 0 Å². The molecule has 2 unspecified atom stereocenters. The SMILES string of the molecule is CCC1CCCC(NC(=O)c2cccc(N)c2)C1.Cl. The lowest BCUT2D eigenvalue weighted by molar-refractivity contribution is 0.0919. The van der Waals surface area contributed by atoms with Gasteiger partial charge in [0.05, 0.1) is 0 Å². The van der Waals surface area contributed by atoms with Crippen LogP contribution in [0, 0.1) is 5.92 Å². The largest absolute Gasteiger partial charge is 0.399 e. The number of nitrogens with one attached hydrogen (secondary N) is 1. The molecule has 1 aliphatic rings. The third-order valence-electron chi connectivity index (χ3n) is 3.84. The van der Waals surface area contributed by atoms with E-state index in [0.717, 1.165) is 18.8 Å². The minimum absolute atomic E-state index is 0. The van der Waals surface area contributed by atoms with Crippen LogP contribution in [0.15, 0.2) is 24.3 Å². The zero-order valence-corrected chi connectivity index (χ0v) is 12.2. The number of carbonyl (C=O) groups excluding carboxylic acids is 1. The van der Waals surface area contributed by atoms with Crippen LogP contribution in [0.1, 0.15) is 49.4 Å². The molecule has 0 aliphatic heterocycles. The Morgan fingerprint density at radius 3 is 2.89 bits per heavy atom. The number of nitrogens with two attached hydrogens (primary N) is 1. The molecule has 2 atom stereocenters. The highest BCUT2D eigenvalue weighted by molar-refractivity contribution is 5.95. The van der Waals surface area contributed by atoms with Crippen LogP contribution in [0.2, 0.25) is 0 Å². The summed E-state index contributed by atoms with van der Waals surface area (Å²) in [7, 11) is 0. The Balaban J connectivity index is 0.00000180. The molecule has 3 nitrogen and oxygen atoms in total. The van der Waals surface area contributed by atoms with Gasteiger partial charge in [0, 0.05) is 17.3 Å². The smallest absolute Gasteiger partial charge is 0.251 e. The fourth-order valence-electron chi connectivity index (χ4n) is 2.74. The number of halogens is 1. The van der Waals surface area contributed by atoms with Crippen molar-refractivity contribution in [1.82, 2.24) is 5.32 Å². The van der Waals surface area contributed by atoms with Gasteiger partial charge in [-0.25, -0.2) is 0 Å². The number of hydrogen-bond acceptors (Lipinski definition) is 2. The number of benzene rings is 1. The van der Waals surface area contributed by atoms with Crippen LogP contribution >= 0.6 is 12.4 Å². The summed E-state index contributed by atoms with van der Waals surface area (Å²) in [6.07, 6.45) is 5.96. The number of rotatable bonds is 3. The van der Waals surface area contributed by atoms with Crippen molar-refractivity contribution in [2.75, 3.05) is 5.73 Å². The van der Waals surface area contributed by atoms with E-state index in [1.54, 1.807) is 12.1 Å². The third kappa shape index (κ3) is 4.43. The van der Waals surface area contributed by atoms with E-state index in [1.807, 2.05) is 12.1 Å². The van der Waals surface area contributed by atoms with E-state index < -0.39 is 0 Å². The van der Waals surface area contributed by atoms with Gasteiger partial charge in [0.15, 0.2) is 0 Å². The second-order valence-corrected chi connectivity index (χ2v) is 5.24. The molecule has 19 heavy (non-hydrogen) atoms. The predicted octanol–water partition coefficient (Wildman–Crippen LogP) is 3.39. The lowest BCUT2D eigenvalue weighted by Crippen LogP contribution is -2.38. The maximum atomic E-state index is 12.1. The average molecular weight is 283 g/mol. The molecule has 4 heteroatoms. The highest BCUT2D eigenvalue weighted by Gasteiger charge is 2.22. The van der Waals surface area contributed by atoms with Crippen LogP contribution in [0.25, 0.3) is 0 Å². The lowest BCUT2D eigenvalue weighted by Gasteiger charge is -2.29. The molecule has 0 heterocycles. The fraction of sp³-hybridized carbons (Fsp3) is 0.533. The Morgan fingerprint density at radius 2 is 2.21 bits per heavy atom. The molecule has 3 N–H and O–H groups in total. The first kappa shape index (κ1) is 15.8. The van der Waals surface area contributed by atoms with E-state index >= 15 is 0 Å². The van der Waals surface area contributed by atoms with Gasteiger partial charge in [0.25, 0.3) is 5.91 Å². The molecule has 0 spiro atoms. The quantitative estimate of drug-likeness (QED) is 0.835. The third-order valence-corrected chi connectivity index (χ3v) is 3.84. The van der Waals surface area contributed by atoms with Crippen LogP contribution in [0.3, 0.4) is 0 Å². The highest BCUT2D eigenvalue weighted by atomic mass is 35.5. The van der Waals surface area contributed by atoms with Crippen molar-refractivity contribution in [3.8, 4) is 0 Å². The summed E-state index contributed by atoms with van der Waals surface area (Å²) in [5, 5.41) is 3.13. The fourth-order valence-corrected chi connectivity index (χ4v) is 2.74. The van der Waals surface area contributed by atoms with Gasteiger partial charge in [-0.2, -0.15) is 0 Å². The van der Waals surface area contributed by atoms with Crippen molar-refractivity contribution in [1.29, 1.82) is 0 Å². The van der Waals surface area contributed by atoms with Gasteiger partial charge in [-0.1, -0.05) is 32.3 Å².